The molecule has 1 aliphatic carbocycles. The predicted octanol–water partition coefficient (Wildman–Crippen LogP) is 3.30. The maximum Gasteiger partial charge on any atom is 0.346 e. The molecule has 2 atom stereocenters. The molecular weight excluding hydrogens is 228 g/mol. The molecule has 1 spiro atoms. The quantitative estimate of drug-likeness (QED) is 0.705. The second-order valence-corrected chi connectivity index (χ2v) is 5.46. The van der Waals surface area contributed by atoms with E-state index in [4.69, 9.17) is 9.15 Å². The van der Waals surface area contributed by atoms with Crippen LogP contribution in [0.5, 0.6) is 5.75 Å². The van der Waals surface area contributed by atoms with Crippen LogP contribution >= 0.6 is 0 Å². The maximum absolute atomic E-state index is 11.7. The average Bonchev–Trinajstić information content (AvgIpc) is 2.32. The summed E-state index contributed by atoms with van der Waals surface area (Å²) in [6.45, 7) is 4.01. The van der Waals surface area contributed by atoms with Crippen LogP contribution in [-0.4, -0.2) is 5.60 Å². The maximum atomic E-state index is 11.7. The molecule has 0 N–H and O–H groups in total. The predicted molar refractivity (Wildman–Crippen MR) is 69.7 cm³/mol. The van der Waals surface area contributed by atoms with Gasteiger partial charge in [-0.2, -0.15) is 0 Å². The van der Waals surface area contributed by atoms with Crippen molar-refractivity contribution in [3.8, 4) is 5.75 Å². The Balaban J connectivity index is 2.05. The smallest absolute Gasteiger partial charge is 0.346 e. The molecule has 0 unspecified atom stereocenters. The van der Waals surface area contributed by atoms with Crippen molar-refractivity contribution in [2.75, 3.05) is 0 Å². The van der Waals surface area contributed by atoms with Crippen LogP contribution < -0.4 is 10.4 Å². The normalized spacial score (nSPS) is 30.0. The molecule has 0 saturated heterocycles. The summed E-state index contributed by atoms with van der Waals surface area (Å²) >= 11 is 0. The molecule has 3 nitrogen and oxygen atoms in total. The average molecular weight is 246 g/mol. The molecule has 1 aromatic heterocycles. The van der Waals surface area contributed by atoms with E-state index in [1.54, 1.807) is 6.92 Å². The molecule has 3 rings (SSSR count). The zero-order valence-corrected chi connectivity index (χ0v) is 10.9. The van der Waals surface area contributed by atoms with E-state index in [0.29, 0.717) is 23.0 Å². The summed E-state index contributed by atoms with van der Waals surface area (Å²) < 4.78 is 11.3. The van der Waals surface area contributed by atoms with E-state index in [1.165, 1.54) is 19.3 Å². The molecular formula is C15H18O3. The summed E-state index contributed by atoms with van der Waals surface area (Å²) in [4.78, 5) is 11.7. The van der Waals surface area contributed by atoms with Crippen molar-refractivity contribution >= 4 is 6.08 Å². The molecule has 0 bridgehead atoms. The summed E-state index contributed by atoms with van der Waals surface area (Å²) in [7, 11) is 0. The zero-order valence-electron chi connectivity index (χ0n) is 10.9. The van der Waals surface area contributed by atoms with E-state index in [1.807, 2.05) is 12.1 Å². The van der Waals surface area contributed by atoms with Gasteiger partial charge in [-0.15, -0.1) is 0 Å². The fourth-order valence-electron chi connectivity index (χ4n) is 3.03. The second-order valence-electron chi connectivity index (χ2n) is 5.46. The lowest BCUT2D eigenvalue weighted by Crippen LogP contribution is -2.44. The molecule has 0 amide bonds. The molecule has 1 saturated carbocycles. The van der Waals surface area contributed by atoms with Gasteiger partial charge in [0.1, 0.15) is 22.7 Å². The first-order valence-electron chi connectivity index (χ1n) is 6.64. The lowest BCUT2D eigenvalue weighted by molar-refractivity contribution is 0.0252. The Bertz CT molecular complexity index is 555. The zero-order chi connectivity index (χ0) is 12.8. The largest absolute Gasteiger partial charge is 0.482 e. The van der Waals surface area contributed by atoms with Gasteiger partial charge in [0.05, 0.1) is 0 Å². The molecule has 0 radical (unpaired) electrons. The number of hydrogen-bond donors (Lipinski definition) is 0. The van der Waals surface area contributed by atoms with Gasteiger partial charge in [-0.05, 0) is 44.3 Å². The van der Waals surface area contributed by atoms with Crippen molar-refractivity contribution in [2.45, 2.75) is 45.1 Å². The Morgan fingerprint density at radius 1 is 1.39 bits per heavy atom. The molecule has 3 heteroatoms. The van der Waals surface area contributed by atoms with Gasteiger partial charge in [0, 0.05) is 6.07 Å². The van der Waals surface area contributed by atoms with Gasteiger partial charge in [0.15, 0.2) is 0 Å². The van der Waals surface area contributed by atoms with Crippen molar-refractivity contribution in [3.05, 3.63) is 33.9 Å². The van der Waals surface area contributed by atoms with Crippen molar-refractivity contribution in [1.82, 2.24) is 0 Å². The minimum absolute atomic E-state index is 0.217. The first-order valence-corrected chi connectivity index (χ1v) is 6.64. The van der Waals surface area contributed by atoms with Gasteiger partial charge in [-0.25, -0.2) is 4.79 Å². The first-order chi connectivity index (χ1) is 8.61. The number of hydrogen-bond acceptors (Lipinski definition) is 3. The van der Waals surface area contributed by atoms with Crippen LogP contribution in [0, 0.1) is 12.8 Å². The summed E-state index contributed by atoms with van der Waals surface area (Å²) in [5, 5.41) is 0. The van der Waals surface area contributed by atoms with Crippen LogP contribution in [0.15, 0.2) is 21.4 Å². The van der Waals surface area contributed by atoms with Crippen LogP contribution in [0.3, 0.4) is 0 Å². The van der Waals surface area contributed by atoms with E-state index < -0.39 is 0 Å². The Morgan fingerprint density at radius 3 is 3.00 bits per heavy atom. The molecule has 18 heavy (non-hydrogen) atoms. The fraction of sp³-hybridized carbons (Fsp3) is 0.533. The van der Waals surface area contributed by atoms with Crippen molar-refractivity contribution in [2.24, 2.45) is 5.92 Å². The van der Waals surface area contributed by atoms with E-state index in [9.17, 15) is 4.79 Å². The van der Waals surface area contributed by atoms with E-state index >= 15 is 0 Å². The monoisotopic (exact) mass is 246 g/mol. The van der Waals surface area contributed by atoms with Gasteiger partial charge in [-0.1, -0.05) is 13.3 Å². The lowest BCUT2D eigenvalue weighted by atomic mass is 9.75. The Kier molecular flexibility index (Phi) is 2.58. The molecule has 2 aliphatic rings. The fourth-order valence-corrected chi connectivity index (χ4v) is 3.03. The Hall–Kier alpha value is -1.51. The molecule has 96 valence electrons. The third-order valence-electron chi connectivity index (χ3n) is 4.19. The molecule has 1 aromatic rings. The summed E-state index contributed by atoms with van der Waals surface area (Å²) in [6.07, 6.45) is 8.61. The number of ether oxygens (including phenoxy) is 1. The summed E-state index contributed by atoms with van der Waals surface area (Å²) in [6, 6.07) is 1.82. The summed E-state index contributed by atoms with van der Waals surface area (Å²) in [5.74, 6) is 1.77. The van der Waals surface area contributed by atoms with E-state index in [-0.39, 0.29) is 11.2 Å². The highest BCUT2D eigenvalue weighted by molar-refractivity contribution is 5.60. The van der Waals surface area contributed by atoms with Crippen LogP contribution in [0.2, 0.25) is 0 Å². The summed E-state index contributed by atoms with van der Waals surface area (Å²) in [5.41, 5.74) is 0.0226. The molecule has 0 aromatic carbocycles. The highest BCUT2D eigenvalue weighted by Crippen LogP contribution is 2.42. The third kappa shape index (κ3) is 1.69. The first kappa shape index (κ1) is 11.6. The van der Waals surface area contributed by atoms with Gasteiger partial charge in [-0.3, -0.25) is 0 Å². The SMILES string of the molecule is Cc1cc2c(c(=O)o1)C=C[C@]1(CCCC[C@@H]1C)O2. The topological polar surface area (TPSA) is 39.4 Å². The van der Waals surface area contributed by atoms with Crippen molar-refractivity contribution in [1.29, 1.82) is 0 Å². The van der Waals surface area contributed by atoms with E-state index in [2.05, 4.69) is 13.0 Å². The molecule has 1 aliphatic heterocycles. The standard InChI is InChI=1S/C15H18O3/c1-10-5-3-4-7-15(10)8-6-12-13(18-15)9-11(2)17-14(12)16/h6,8-10H,3-5,7H2,1-2H3/t10-,15-/m0/s1. The van der Waals surface area contributed by atoms with Crippen LogP contribution in [0.1, 0.15) is 43.9 Å². The highest BCUT2D eigenvalue weighted by atomic mass is 16.5. The van der Waals surface area contributed by atoms with Gasteiger partial charge in [0.2, 0.25) is 0 Å². The van der Waals surface area contributed by atoms with Crippen molar-refractivity contribution < 1.29 is 9.15 Å². The van der Waals surface area contributed by atoms with Gasteiger partial charge in [0.25, 0.3) is 0 Å². The third-order valence-corrected chi connectivity index (χ3v) is 4.19. The number of rotatable bonds is 0. The molecule has 2 heterocycles. The molecule has 1 fully saturated rings. The van der Waals surface area contributed by atoms with Crippen molar-refractivity contribution in [3.63, 3.8) is 0 Å². The van der Waals surface area contributed by atoms with Crippen LogP contribution in [0.4, 0.5) is 0 Å². The van der Waals surface area contributed by atoms with E-state index in [0.717, 1.165) is 6.42 Å². The minimum atomic E-state index is -0.306. The van der Waals surface area contributed by atoms with Gasteiger partial charge >= 0.3 is 5.63 Å². The minimum Gasteiger partial charge on any atom is -0.482 e. The van der Waals surface area contributed by atoms with Crippen LogP contribution in [-0.2, 0) is 0 Å². The number of fused-ring (bicyclic) bond motifs is 1. The highest BCUT2D eigenvalue weighted by Gasteiger charge is 2.40. The Morgan fingerprint density at radius 2 is 2.22 bits per heavy atom. The second kappa shape index (κ2) is 4.01. The number of aryl methyl sites for hydroxylation is 1. The van der Waals surface area contributed by atoms with Crippen LogP contribution in [0.25, 0.3) is 6.08 Å². The lowest BCUT2D eigenvalue weighted by Gasteiger charge is -2.42. The van der Waals surface area contributed by atoms with Gasteiger partial charge < -0.3 is 9.15 Å². The Labute approximate surface area is 106 Å².